The van der Waals surface area contributed by atoms with Crippen LogP contribution in [0.15, 0.2) is 11.8 Å². The highest BCUT2D eigenvalue weighted by Gasteiger charge is 2.74. The largest absolute Gasteiger partial charge is 0.492 e. The van der Waals surface area contributed by atoms with Crippen LogP contribution < -0.4 is 0 Å². The third kappa shape index (κ3) is 2.86. The van der Waals surface area contributed by atoms with Crippen LogP contribution in [0.25, 0.3) is 0 Å². The van der Waals surface area contributed by atoms with Gasteiger partial charge in [0.05, 0.1) is 13.8 Å². The zero-order valence-corrected chi connectivity index (χ0v) is 15.3. The molecule has 116 valence electrons. The SMILES string of the molecule is CCCCCCCCC12CC1([Si](C)(C)C)CC=C(C)O2. The van der Waals surface area contributed by atoms with E-state index in [2.05, 4.69) is 39.6 Å². The normalized spacial score (nSPS) is 32.4. The minimum Gasteiger partial charge on any atom is -0.492 e. The van der Waals surface area contributed by atoms with E-state index < -0.39 is 8.07 Å². The maximum atomic E-state index is 6.40. The van der Waals surface area contributed by atoms with Crippen LogP contribution >= 0.6 is 0 Å². The van der Waals surface area contributed by atoms with E-state index in [9.17, 15) is 0 Å². The molecule has 0 aromatic rings. The molecule has 0 aromatic heterocycles. The van der Waals surface area contributed by atoms with Crippen molar-refractivity contribution in [3.8, 4) is 0 Å². The van der Waals surface area contributed by atoms with E-state index in [0.717, 1.165) is 0 Å². The molecule has 1 aliphatic carbocycles. The summed E-state index contributed by atoms with van der Waals surface area (Å²) < 4.78 is 6.40. The van der Waals surface area contributed by atoms with Gasteiger partial charge in [-0.15, -0.1) is 0 Å². The van der Waals surface area contributed by atoms with Gasteiger partial charge in [-0.25, -0.2) is 0 Å². The molecule has 1 saturated carbocycles. The Bertz CT molecular complexity index is 368. The molecule has 1 heterocycles. The number of hydrogen-bond acceptors (Lipinski definition) is 1. The smallest absolute Gasteiger partial charge is 0.113 e. The van der Waals surface area contributed by atoms with Crippen LogP contribution in [0.2, 0.25) is 24.7 Å². The second-order valence-corrected chi connectivity index (χ2v) is 13.6. The maximum absolute atomic E-state index is 6.40. The fourth-order valence-corrected chi connectivity index (χ4v) is 7.40. The Morgan fingerprint density at radius 2 is 1.75 bits per heavy atom. The molecule has 0 saturated heterocycles. The van der Waals surface area contributed by atoms with Crippen LogP contribution in [-0.4, -0.2) is 13.7 Å². The molecule has 1 aliphatic heterocycles. The summed E-state index contributed by atoms with van der Waals surface area (Å²) in [5.41, 5.74) is 0.237. The molecule has 2 unspecified atom stereocenters. The molecule has 2 aliphatic rings. The first-order valence-corrected chi connectivity index (χ1v) is 12.2. The Morgan fingerprint density at radius 1 is 1.10 bits per heavy atom. The Kier molecular flexibility index (Phi) is 4.73. The molecular formula is C18H34OSi. The summed E-state index contributed by atoms with van der Waals surface area (Å²) in [6.07, 6.45) is 14.6. The zero-order chi connectivity index (χ0) is 14.9. The number of allylic oxidation sites excluding steroid dienone is 2. The minimum atomic E-state index is -1.16. The van der Waals surface area contributed by atoms with Crippen molar-refractivity contribution in [2.24, 2.45) is 0 Å². The Labute approximate surface area is 127 Å². The molecule has 0 N–H and O–H groups in total. The summed E-state index contributed by atoms with van der Waals surface area (Å²) in [6.45, 7) is 12.0. The fraction of sp³-hybridized carbons (Fsp3) is 0.889. The molecule has 2 atom stereocenters. The lowest BCUT2D eigenvalue weighted by Gasteiger charge is -2.38. The summed E-state index contributed by atoms with van der Waals surface area (Å²) in [6, 6.07) is 0. The van der Waals surface area contributed by atoms with E-state index in [1.165, 1.54) is 63.5 Å². The number of rotatable bonds is 8. The average molecular weight is 295 g/mol. The minimum absolute atomic E-state index is 0.237. The van der Waals surface area contributed by atoms with Gasteiger partial charge in [0, 0.05) is 5.04 Å². The van der Waals surface area contributed by atoms with Crippen LogP contribution in [0.5, 0.6) is 0 Å². The van der Waals surface area contributed by atoms with E-state index in [1.807, 2.05) is 0 Å². The Morgan fingerprint density at radius 3 is 2.40 bits per heavy atom. The molecule has 0 radical (unpaired) electrons. The summed E-state index contributed by atoms with van der Waals surface area (Å²) >= 11 is 0. The van der Waals surface area contributed by atoms with Crippen molar-refractivity contribution < 1.29 is 4.74 Å². The van der Waals surface area contributed by atoms with Crippen molar-refractivity contribution in [2.75, 3.05) is 0 Å². The predicted octanol–water partition coefficient (Wildman–Crippen LogP) is 6.28. The monoisotopic (exact) mass is 294 g/mol. The number of hydrogen-bond donors (Lipinski definition) is 0. The second-order valence-electron chi connectivity index (χ2n) is 8.14. The number of unbranched alkanes of at least 4 members (excludes halogenated alkanes) is 5. The first-order valence-electron chi connectivity index (χ1n) is 8.73. The molecule has 20 heavy (non-hydrogen) atoms. The first-order chi connectivity index (χ1) is 9.37. The third-order valence-corrected chi connectivity index (χ3v) is 9.51. The van der Waals surface area contributed by atoms with Crippen LogP contribution in [0.4, 0.5) is 0 Å². The van der Waals surface area contributed by atoms with Gasteiger partial charge in [0.1, 0.15) is 5.60 Å². The lowest BCUT2D eigenvalue weighted by atomic mass is 10.0. The highest BCUT2D eigenvalue weighted by atomic mass is 28.3. The maximum Gasteiger partial charge on any atom is 0.113 e. The molecule has 0 amide bonds. The van der Waals surface area contributed by atoms with Crippen molar-refractivity contribution in [3.05, 3.63) is 11.8 Å². The van der Waals surface area contributed by atoms with Crippen molar-refractivity contribution >= 4 is 8.07 Å². The molecule has 2 heteroatoms. The molecule has 2 rings (SSSR count). The van der Waals surface area contributed by atoms with E-state index in [0.29, 0.717) is 5.04 Å². The lowest BCUT2D eigenvalue weighted by Crippen LogP contribution is -2.39. The van der Waals surface area contributed by atoms with Gasteiger partial charge in [0.15, 0.2) is 0 Å². The first kappa shape index (κ1) is 16.1. The van der Waals surface area contributed by atoms with Crippen molar-refractivity contribution in [1.29, 1.82) is 0 Å². The van der Waals surface area contributed by atoms with Gasteiger partial charge in [-0.05, 0) is 38.7 Å². The van der Waals surface area contributed by atoms with E-state index in [4.69, 9.17) is 4.74 Å². The highest BCUT2D eigenvalue weighted by molar-refractivity contribution is 6.80. The molecule has 0 spiro atoms. The lowest BCUT2D eigenvalue weighted by molar-refractivity contribution is 0.0611. The quantitative estimate of drug-likeness (QED) is 0.378. The summed E-state index contributed by atoms with van der Waals surface area (Å²) in [5, 5.41) is 0.545. The third-order valence-electron chi connectivity index (χ3n) is 5.80. The van der Waals surface area contributed by atoms with Crippen molar-refractivity contribution in [3.63, 3.8) is 0 Å². The van der Waals surface area contributed by atoms with Crippen LogP contribution in [0, 0.1) is 0 Å². The molecule has 1 nitrogen and oxygen atoms in total. The summed E-state index contributed by atoms with van der Waals surface area (Å²) in [7, 11) is -1.16. The molecule has 0 bridgehead atoms. The van der Waals surface area contributed by atoms with Gasteiger partial charge >= 0.3 is 0 Å². The number of fused-ring (bicyclic) bond motifs is 1. The van der Waals surface area contributed by atoms with Gasteiger partial charge < -0.3 is 4.74 Å². The van der Waals surface area contributed by atoms with E-state index in [1.54, 1.807) is 0 Å². The number of ether oxygens (including phenoxy) is 1. The van der Waals surface area contributed by atoms with Gasteiger partial charge in [-0.1, -0.05) is 58.7 Å². The molecular weight excluding hydrogens is 260 g/mol. The second kappa shape index (κ2) is 5.86. The topological polar surface area (TPSA) is 9.23 Å². The highest BCUT2D eigenvalue weighted by Crippen LogP contribution is 2.76. The van der Waals surface area contributed by atoms with E-state index >= 15 is 0 Å². The van der Waals surface area contributed by atoms with Gasteiger partial charge in [-0.3, -0.25) is 0 Å². The van der Waals surface area contributed by atoms with Crippen LogP contribution in [0.3, 0.4) is 0 Å². The van der Waals surface area contributed by atoms with Crippen molar-refractivity contribution in [1.82, 2.24) is 0 Å². The Balaban J connectivity index is 1.88. The van der Waals surface area contributed by atoms with E-state index in [-0.39, 0.29) is 5.60 Å². The molecule has 0 aromatic carbocycles. The Hall–Kier alpha value is -0.243. The standard InChI is InChI=1S/C18H34OSi/c1-6-7-8-9-10-11-13-17-15-18(17,20(3,4)5)14-12-16(2)19-17/h12H,6-11,13-15H2,1-5H3. The summed E-state index contributed by atoms with van der Waals surface area (Å²) in [5.74, 6) is 1.18. The van der Waals surface area contributed by atoms with Gasteiger partial charge in [-0.2, -0.15) is 0 Å². The van der Waals surface area contributed by atoms with Gasteiger partial charge in [0.25, 0.3) is 0 Å². The molecule has 1 fully saturated rings. The fourth-order valence-electron chi connectivity index (χ4n) is 4.33. The zero-order valence-electron chi connectivity index (χ0n) is 14.3. The van der Waals surface area contributed by atoms with Crippen LogP contribution in [0.1, 0.15) is 71.6 Å². The average Bonchev–Trinajstić information content (AvgIpc) is 3.03. The van der Waals surface area contributed by atoms with Gasteiger partial charge in [0.2, 0.25) is 0 Å². The summed E-state index contributed by atoms with van der Waals surface area (Å²) in [4.78, 5) is 0. The van der Waals surface area contributed by atoms with Crippen molar-refractivity contribution in [2.45, 2.75) is 102 Å². The predicted molar refractivity (Wildman–Crippen MR) is 90.8 cm³/mol. The van der Waals surface area contributed by atoms with Crippen LogP contribution in [-0.2, 0) is 4.74 Å².